The minimum atomic E-state index is -0.122. The van der Waals surface area contributed by atoms with Crippen LogP contribution >= 0.6 is 0 Å². The predicted octanol–water partition coefficient (Wildman–Crippen LogP) is 1.55. The fourth-order valence-electron chi connectivity index (χ4n) is 2.76. The number of hydrogen-bond donors (Lipinski definition) is 1. The van der Waals surface area contributed by atoms with E-state index in [1.807, 2.05) is 4.90 Å². The van der Waals surface area contributed by atoms with Crippen LogP contribution in [0.5, 0.6) is 0 Å². The van der Waals surface area contributed by atoms with Crippen molar-refractivity contribution in [3.05, 3.63) is 12.2 Å². The van der Waals surface area contributed by atoms with Gasteiger partial charge in [0.15, 0.2) is 0 Å². The lowest BCUT2D eigenvalue weighted by Crippen LogP contribution is -2.52. The van der Waals surface area contributed by atoms with E-state index in [9.17, 15) is 4.79 Å². The van der Waals surface area contributed by atoms with Crippen molar-refractivity contribution in [1.29, 1.82) is 0 Å². The molecule has 3 heteroatoms. The Morgan fingerprint density at radius 1 is 1.50 bits per heavy atom. The smallest absolute Gasteiger partial charge is 0.230 e. The van der Waals surface area contributed by atoms with Crippen molar-refractivity contribution in [3.8, 4) is 0 Å². The molecule has 2 heterocycles. The van der Waals surface area contributed by atoms with Crippen LogP contribution in [0, 0.1) is 5.41 Å². The predicted molar refractivity (Wildman–Crippen MR) is 65.2 cm³/mol. The summed E-state index contributed by atoms with van der Waals surface area (Å²) in [4.78, 5) is 14.6. The van der Waals surface area contributed by atoms with E-state index in [-0.39, 0.29) is 5.41 Å². The zero-order valence-electron chi connectivity index (χ0n) is 10.2. The normalized spacial score (nSPS) is 30.4. The van der Waals surface area contributed by atoms with Gasteiger partial charge in [0.25, 0.3) is 0 Å². The summed E-state index contributed by atoms with van der Waals surface area (Å²) in [5.74, 6) is 0.367. The molecule has 0 aromatic carbocycles. The minimum Gasteiger partial charge on any atom is -0.338 e. The summed E-state index contributed by atoms with van der Waals surface area (Å²) in [5, 5.41) is 3.38. The van der Waals surface area contributed by atoms with Gasteiger partial charge in [-0.1, -0.05) is 19.1 Å². The second kappa shape index (κ2) is 5.00. The molecule has 1 fully saturated rings. The Kier molecular flexibility index (Phi) is 3.64. The fraction of sp³-hybridized carbons (Fsp3) is 0.769. The molecule has 1 amide bonds. The van der Waals surface area contributed by atoms with Crippen LogP contribution in [0.25, 0.3) is 0 Å². The first-order valence-corrected chi connectivity index (χ1v) is 6.43. The minimum absolute atomic E-state index is 0.122. The van der Waals surface area contributed by atoms with Crippen molar-refractivity contribution in [1.82, 2.24) is 10.2 Å². The van der Waals surface area contributed by atoms with Crippen LogP contribution in [0.4, 0.5) is 0 Å². The molecular weight excluding hydrogens is 200 g/mol. The lowest BCUT2D eigenvalue weighted by molar-refractivity contribution is -0.143. The Morgan fingerprint density at radius 2 is 2.38 bits per heavy atom. The largest absolute Gasteiger partial charge is 0.338 e. The molecule has 1 N–H and O–H groups in total. The summed E-state index contributed by atoms with van der Waals surface area (Å²) in [6, 6.07) is 0. The van der Waals surface area contributed by atoms with Crippen molar-refractivity contribution >= 4 is 5.91 Å². The summed E-state index contributed by atoms with van der Waals surface area (Å²) in [7, 11) is 0. The van der Waals surface area contributed by atoms with Gasteiger partial charge in [0.05, 0.1) is 5.41 Å². The van der Waals surface area contributed by atoms with Crippen LogP contribution in [0.1, 0.15) is 32.6 Å². The highest BCUT2D eigenvalue weighted by Crippen LogP contribution is 2.32. The highest BCUT2D eigenvalue weighted by molar-refractivity contribution is 5.83. The number of amides is 1. The Labute approximate surface area is 97.9 Å². The highest BCUT2D eigenvalue weighted by Gasteiger charge is 2.40. The molecule has 0 spiro atoms. The van der Waals surface area contributed by atoms with E-state index < -0.39 is 0 Å². The van der Waals surface area contributed by atoms with E-state index in [0.29, 0.717) is 5.91 Å². The topological polar surface area (TPSA) is 32.3 Å². The molecule has 0 aliphatic carbocycles. The number of carbonyl (C=O) groups is 1. The van der Waals surface area contributed by atoms with E-state index in [4.69, 9.17) is 0 Å². The number of nitrogens with one attached hydrogen (secondary N) is 1. The molecule has 0 bridgehead atoms. The summed E-state index contributed by atoms with van der Waals surface area (Å²) < 4.78 is 0. The van der Waals surface area contributed by atoms with Gasteiger partial charge in [-0.15, -0.1) is 0 Å². The zero-order valence-corrected chi connectivity index (χ0v) is 10.2. The van der Waals surface area contributed by atoms with Gasteiger partial charge in [-0.25, -0.2) is 0 Å². The van der Waals surface area contributed by atoms with Crippen molar-refractivity contribution in [2.45, 2.75) is 32.6 Å². The van der Waals surface area contributed by atoms with Gasteiger partial charge in [0.1, 0.15) is 0 Å². The fourth-order valence-corrected chi connectivity index (χ4v) is 2.76. The van der Waals surface area contributed by atoms with Gasteiger partial charge in [0.2, 0.25) is 5.91 Å². The molecule has 2 aliphatic rings. The molecule has 1 atom stereocenters. The first-order valence-electron chi connectivity index (χ1n) is 6.43. The Bertz CT molecular complexity index is 280. The summed E-state index contributed by atoms with van der Waals surface area (Å²) >= 11 is 0. The van der Waals surface area contributed by atoms with E-state index in [1.165, 1.54) is 0 Å². The molecule has 2 aliphatic heterocycles. The average molecular weight is 222 g/mol. The number of piperidine rings is 1. The van der Waals surface area contributed by atoms with Gasteiger partial charge in [0, 0.05) is 19.6 Å². The maximum Gasteiger partial charge on any atom is 0.230 e. The first-order chi connectivity index (χ1) is 7.78. The third-order valence-electron chi connectivity index (χ3n) is 3.95. The number of nitrogens with zero attached hydrogens (tertiary/aromatic N) is 1. The third kappa shape index (κ3) is 2.14. The SMILES string of the molecule is CCC1(C(=O)N2CC=CCC2)CCCNC1. The molecule has 1 unspecified atom stereocenters. The molecule has 3 nitrogen and oxygen atoms in total. The molecule has 16 heavy (non-hydrogen) atoms. The van der Waals surface area contributed by atoms with E-state index in [0.717, 1.165) is 51.9 Å². The molecule has 1 saturated heterocycles. The summed E-state index contributed by atoms with van der Waals surface area (Å²) in [5.41, 5.74) is -0.122. The van der Waals surface area contributed by atoms with E-state index >= 15 is 0 Å². The monoisotopic (exact) mass is 222 g/mol. The summed E-state index contributed by atoms with van der Waals surface area (Å²) in [6.07, 6.45) is 8.43. The maximum absolute atomic E-state index is 12.6. The Morgan fingerprint density at radius 3 is 2.94 bits per heavy atom. The Balaban J connectivity index is 2.07. The second-order valence-electron chi connectivity index (χ2n) is 4.93. The second-order valence-corrected chi connectivity index (χ2v) is 4.93. The van der Waals surface area contributed by atoms with Gasteiger partial charge in [-0.2, -0.15) is 0 Å². The average Bonchev–Trinajstić information content (AvgIpc) is 2.39. The van der Waals surface area contributed by atoms with Crippen LogP contribution in [-0.4, -0.2) is 37.0 Å². The lowest BCUT2D eigenvalue weighted by atomic mass is 9.77. The molecule has 90 valence electrons. The van der Waals surface area contributed by atoms with Crippen molar-refractivity contribution in [3.63, 3.8) is 0 Å². The molecule has 2 rings (SSSR count). The van der Waals surface area contributed by atoms with Crippen LogP contribution in [0.3, 0.4) is 0 Å². The number of rotatable bonds is 2. The summed E-state index contributed by atoms with van der Waals surface area (Å²) in [6.45, 7) is 5.78. The standard InChI is InChI=1S/C13H22N2O/c1-2-13(7-6-8-14-11-13)12(16)15-9-4-3-5-10-15/h3-4,14H,2,5-11H2,1H3. The van der Waals surface area contributed by atoms with Gasteiger partial charge >= 0.3 is 0 Å². The van der Waals surface area contributed by atoms with Crippen LogP contribution in [0.15, 0.2) is 12.2 Å². The van der Waals surface area contributed by atoms with Crippen molar-refractivity contribution in [2.24, 2.45) is 5.41 Å². The van der Waals surface area contributed by atoms with Crippen LogP contribution in [0.2, 0.25) is 0 Å². The molecule has 0 saturated carbocycles. The Hall–Kier alpha value is -0.830. The molecule has 0 aromatic rings. The van der Waals surface area contributed by atoms with Crippen molar-refractivity contribution < 1.29 is 4.79 Å². The molecule has 0 radical (unpaired) electrons. The quantitative estimate of drug-likeness (QED) is 0.719. The highest BCUT2D eigenvalue weighted by atomic mass is 16.2. The van der Waals surface area contributed by atoms with Crippen molar-refractivity contribution in [2.75, 3.05) is 26.2 Å². The third-order valence-corrected chi connectivity index (χ3v) is 3.95. The van der Waals surface area contributed by atoms with Gasteiger partial charge in [-0.3, -0.25) is 4.79 Å². The van der Waals surface area contributed by atoms with E-state index in [2.05, 4.69) is 24.4 Å². The lowest BCUT2D eigenvalue weighted by Gasteiger charge is -2.40. The van der Waals surface area contributed by atoms with E-state index in [1.54, 1.807) is 0 Å². The number of hydrogen-bond acceptors (Lipinski definition) is 2. The maximum atomic E-state index is 12.6. The zero-order chi connectivity index (χ0) is 11.4. The van der Waals surface area contributed by atoms with Crippen LogP contribution in [-0.2, 0) is 4.79 Å². The van der Waals surface area contributed by atoms with Crippen LogP contribution < -0.4 is 5.32 Å². The molecule has 0 aromatic heterocycles. The molecular formula is C13H22N2O. The number of carbonyl (C=O) groups excluding carboxylic acids is 1. The van der Waals surface area contributed by atoms with Gasteiger partial charge in [-0.05, 0) is 32.2 Å². The van der Waals surface area contributed by atoms with Gasteiger partial charge < -0.3 is 10.2 Å². The first kappa shape index (κ1) is 11.6.